The molecule has 0 saturated carbocycles. The maximum atomic E-state index is 7.06. The maximum absolute atomic E-state index is 7.06. The lowest BCUT2D eigenvalue weighted by Crippen LogP contribution is -2.16. The van der Waals surface area contributed by atoms with Crippen molar-refractivity contribution >= 4 is 66.8 Å². The van der Waals surface area contributed by atoms with Gasteiger partial charge in [-0.3, -0.25) is 0 Å². The molecule has 0 spiro atoms. The van der Waals surface area contributed by atoms with E-state index in [-0.39, 0.29) is 5.41 Å². The zero-order valence-electron chi connectivity index (χ0n) is 42.4. The van der Waals surface area contributed by atoms with Crippen molar-refractivity contribution in [2.75, 3.05) is 9.80 Å². The van der Waals surface area contributed by atoms with Crippen LogP contribution in [0.1, 0.15) is 25.0 Å². The fourth-order valence-electron chi connectivity index (χ4n) is 11.8. The number of furan rings is 1. The molecule has 12 aromatic carbocycles. The molecule has 0 saturated heterocycles. The monoisotopic (exact) mass is 972 g/mol. The zero-order valence-corrected chi connectivity index (χ0v) is 42.4. The molecule has 0 radical (unpaired) electrons. The van der Waals surface area contributed by atoms with Gasteiger partial charge in [0.2, 0.25) is 0 Å². The van der Waals surface area contributed by atoms with Gasteiger partial charge in [-0.15, -0.1) is 0 Å². The van der Waals surface area contributed by atoms with Gasteiger partial charge in [0.05, 0.1) is 0 Å². The highest BCUT2D eigenvalue weighted by Gasteiger charge is 2.36. The van der Waals surface area contributed by atoms with Crippen molar-refractivity contribution < 1.29 is 4.42 Å². The van der Waals surface area contributed by atoms with E-state index in [2.05, 4.69) is 303 Å². The highest BCUT2D eigenvalue weighted by molar-refractivity contribution is 6.13. The number of anilines is 6. The van der Waals surface area contributed by atoms with Gasteiger partial charge in [0.25, 0.3) is 0 Å². The summed E-state index contributed by atoms with van der Waals surface area (Å²) in [5, 5.41) is 4.61. The van der Waals surface area contributed by atoms with Crippen LogP contribution in [0.15, 0.2) is 283 Å². The fourth-order valence-corrected chi connectivity index (χ4v) is 11.8. The van der Waals surface area contributed by atoms with E-state index in [9.17, 15) is 0 Å². The molecule has 13 aromatic rings. The summed E-state index contributed by atoms with van der Waals surface area (Å²) in [6, 6.07) is 101. The predicted molar refractivity (Wildman–Crippen MR) is 320 cm³/mol. The molecular formula is C73H52N2O. The molecule has 1 aromatic heterocycles. The number of nitrogens with zero attached hydrogens (tertiary/aromatic N) is 2. The van der Waals surface area contributed by atoms with Gasteiger partial charge in [-0.05, 0) is 139 Å². The lowest BCUT2D eigenvalue weighted by atomic mass is 9.82. The minimum atomic E-state index is -0.126. The summed E-state index contributed by atoms with van der Waals surface area (Å²) >= 11 is 0. The quantitative estimate of drug-likeness (QED) is 0.136. The Balaban J connectivity index is 0.814. The van der Waals surface area contributed by atoms with Crippen LogP contribution < -0.4 is 9.80 Å². The summed E-state index contributed by atoms with van der Waals surface area (Å²) in [4.78, 5) is 4.73. The second-order valence-electron chi connectivity index (χ2n) is 20.5. The van der Waals surface area contributed by atoms with Crippen LogP contribution in [0.25, 0.3) is 88.3 Å². The highest BCUT2D eigenvalue weighted by Crippen LogP contribution is 2.51. The van der Waals surface area contributed by atoms with Gasteiger partial charge >= 0.3 is 0 Å². The van der Waals surface area contributed by atoms with Crippen LogP contribution in [0.5, 0.6) is 0 Å². The Morgan fingerprint density at radius 1 is 0.263 bits per heavy atom. The van der Waals surface area contributed by atoms with E-state index in [1.807, 2.05) is 0 Å². The first-order valence-corrected chi connectivity index (χ1v) is 26.2. The Morgan fingerprint density at radius 3 is 1.17 bits per heavy atom. The summed E-state index contributed by atoms with van der Waals surface area (Å²) in [6.07, 6.45) is 0. The van der Waals surface area contributed by atoms with Gasteiger partial charge in [0, 0.05) is 61.4 Å². The lowest BCUT2D eigenvalue weighted by Gasteiger charge is -2.28. The Bertz CT molecular complexity index is 4270. The molecule has 0 N–H and O–H groups in total. The Hall–Kier alpha value is -9.70. The molecule has 3 heteroatoms. The van der Waals surface area contributed by atoms with Crippen molar-refractivity contribution in [3.63, 3.8) is 0 Å². The van der Waals surface area contributed by atoms with Crippen molar-refractivity contribution in [3.8, 4) is 55.6 Å². The van der Waals surface area contributed by atoms with Gasteiger partial charge in [-0.1, -0.05) is 220 Å². The van der Waals surface area contributed by atoms with Crippen molar-refractivity contribution in [3.05, 3.63) is 290 Å². The molecule has 360 valence electrons. The first kappa shape index (κ1) is 45.0. The largest absolute Gasteiger partial charge is 0.455 e. The minimum absolute atomic E-state index is 0.126. The van der Waals surface area contributed by atoms with Crippen LogP contribution >= 0.6 is 0 Å². The Labute approximate surface area is 443 Å². The molecule has 0 bridgehead atoms. The molecule has 0 unspecified atom stereocenters. The van der Waals surface area contributed by atoms with Crippen molar-refractivity contribution in [1.29, 1.82) is 0 Å². The number of hydrogen-bond donors (Lipinski definition) is 0. The summed E-state index contributed by atoms with van der Waals surface area (Å²) in [5.41, 5.74) is 22.6. The van der Waals surface area contributed by atoms with E-state index in [0.717, 1.165) is 78.3 Å². The van der Waals surface area contributed by atoms with E-state index < -0.39 is 0 Å². The fraction of sp³-hybridized carbons (Fsp3) is 0.0411. The molecule has 1 aliphatic rings. The zero-order chi connectivity index (χ0) is 50.7. The van der Waals surface area contributed by atoms with Crippen molar-refractivity contribution in [1.82, 2.24) is 0 Å². The smallest absolute Gasteiger partial charge is 0.143 e. The molecule has 14 rings (SSSR count). The summed E-state index contributed by atoms with van der Waals surface area (Å²) < 4.78 is 7.06. The summed E-state index contributed by atoms with van der Waals surface area (Å²) in [6.45, 7) is 4.70. The van der Waals surface area contributed by atoms with Gasteiger partial charge < -0.3 is 14.2 Å². The predicted octanol–water partition coefficient (Wildman–Crippen LogP) is 20.7. The van der Waals surface area contributed by atoms with E-state index in [1.165, 1.54) is 55.3 Å². The van der Waals surface area contributed by atoms with Gasteiger partial charge in [0.15, 0.2) is 0 Å². The lowest BCUT2D eigenvalue weighted by molar-refractivity contribution is 0.660. The molecule has 0 fully saturated rings. The number of para-hydroxylation sites is 2. The average Bonchev–Trinajstić information content (AvgIpc) is 3.99. The Morgan fingerprint density at radius 2 is 0.645 bits per heavy atom. The molecule has 3 nitrogen and oxygen atoms in total. The molecule has 76 heavy (non-hydrogen) atoms. The first-order valence-electron chi connectivity index (χ1n) is 26.2. The third-order valence-electron chi connectivity index (χ3n) is 15.7. The third kappa shape index (κ3) is 7.75. The molecule has 1 aliphatic carbocycles. The number of fused-ring (bicyclic) bond motifs is 7. The first-order chi connectivity index (χ1) is 37.4. The maximum Gasteiger partial charge on any atom is 0.143 e. The topological polar surface area (TPSA) is 19.6 Å². The second kappa shape index (κ2) is 18.3. The van der Waals surface area contributed by atoms with E-state index in [4.69, 9.17) is 4.42 Å². The van der Waals surface area contributed by atoms with Crippen LogP contribution in [0.3, 0.4) is 0 Å². The normalized spacial score (nSPS) is 12.4. The third-order valence-corrected chi connectivity index (χ3v) is 15.7. The minimum Gasteiger partial charge on any atom is -0.455 e. The standard InChI is InChI=1S/C73H52N2O/c1-73(2)69-26-12-11-21-65(69)66-46-45-62(48-70(66)73)75(58-38-29-53(30-39-58)50-17-7-4-8-18-50)60-42-34-55(35-43-60)64-23-14-25-68-67-24-13-22-63(71(67)76-72(64)68)54-32-40-59(41-33-54)74(61-44-31-51-19-9-10-20-56(51)47-61)57-36-27-52(28-37-57)49-15-5-3-6-16-49/h3-48H,1-2H3. The van der Waals surface area contributed by atoms with Crippen LogP contribution in [-0.4, -0.2) is 0 Å². The number of hydrogen-bond acceptors (Lipinski definition) is 3. The van der Waals surface area contributed by atoms with Crippen LogP contribution in [0.4, 0.5) is 34.1 Å². The molecule has 1 heterocycles. The van der Waals surface area contributed by atoms with E-state index >= 15 is 0 Å². The van der Waals surface area contributed by atoms with Gasteiger partial charge in [-0.25, -0.2) is 0 Å². The summed E-state index contributed by atoms with van der Waals surface area (Å²) in [7, 11) is 0. The molecule has 0 amide bonds. The Kier molecular flexibility index (Phi) is 10.9. The number of rotatable bonds is 10. The van der Waals surface area contributed by atoms with Gasteiger partial charge in [-0.2, -0.15) is 0 Å². The number of benzene rings is 12. The molecule has 0 aliphatic heterocycles. The van der Waals surface area contributed by atoms with Crippen LogP contribution in [-0.2, 0) is 5.41 Å². The van der Waals surface area contributed by atoms with Crippen LogP contribution in [0, 0.1) is 0 Å². The van der Waals surface area contributed by atoms with Crippen LogP contribution in [0.2, 0.25) is 0 Å². The molecule has 0 atom stereocenters. The second-order valence-corrected chi connectivity index (χ2v) is 20.5. The van der Waals surface area contributed by atoms with E-state index in [1.54, 1.807) is 0 Å². The average molecular weight is 973 g/mol. The van der Waals surface area contributed by atoms with Crippen molar-refractivity contribution in [2.24, 2.45) is 0 Å². The summed E-state index contributed by atoms with van der Waals surface area (Å²) in [5.74, 6) is 0. The highest BCUT2D eigenvalue weighted by atomic mass is 16.3. The van der Waals surface area contributed by atoms with Crippen molar-refractivity contribution in [2.45, 2.75) is 19.3 Å². The SMILES string of the molecule is CC1(C)c2ccccc2-c2ccc(N(c3ccc(-c4ccccc4)cc3)c3ccc(-c4cccc5c4oc4c(-c6ccc(N(c7ccc(-c8ccccc8)cc7)c7ccc8ccccc8c7)cc6)cccc45)cc3)cc21. The molecular weight excluding hydrogens is 921 g/mol. The van der Waals surface area contributed by atoms with Gasteiger partial charge in [0.1, 0.15) is 11.2 Å². The van der Waals surface area contributed by atoms with E-state index in [0.29, 0.717) is 0 Å².